The first-order chi connectivity index (χ1) is 9.36. The molecule has 104 valence electrons. The molecule has 0 atom stereocenters. The van der Waals surface area contributed by atoms with Gasteiger partial charge in [-0.3, -0.25) is 4.79 Å². The van der Waals surface area contributed by atoms with Crippen LogP contribution in [0.4, 0.5) is 0 Å². The summed E-state index contributed by atoms with van der Waals surface area (Å²) in [5.41, 5.74) is 1.23. The van der Waals surface area contributed by atoms with E-state index in [-0.39, 0.29) is 17.1 Å². The molecule has 0 heterocycles. The molecule has 0 saturated carbocycles. The van der Waals surface area contributed by atoms with Gasteiger partial charge in [-0.15, -0.1) is 0 Å². The van der Waals surface area contributed by atoms with E-state index in [2.05, 4.69) is 0 Å². The van der Waals surface area contributed by atoms with Crippen LogP contribution in [0.25, 0.3) is 0 Å². The molecule has 0 aromatic heterocycles. The van der Waals surface area contributed by atoms with Crippen molar-refractivity contribution in [2.24, 2.45) is 0 Å². The summed E-state index contributed by atoms with van der Waals surface area (Å²) < 4.78 is 23.0. The molecule has 0 unspecified atom stereocenters. The van der Waals surface area contributed by atoms with Crippen LogP contribution in [0.5, 0.6) is 0 Å². The predicted molar refractivity (Wildman–Crippen MR) is 79.0 cm³/mol. The minimum absolute atomic E-state index is 0.127. The van der Waals surface area contributed by atoms with Crippen molar-refractivity contribution in [3.63, 3.8) is 0 Å². The summed E-state index contributed by atoms with van der Waals surface area (Å²) in [5, 5.41) is 0.611. The first-order valence-electron chi connectivity index (χ1n) is 5.94. The topological polar surface area (TPSA) is 51.2 Å². The highest BCUT2D eigenvalue weighted by atomic mass is 35.5. The molecule has 0 fully saturated rings. The summed E-state index contributed by atoms with van der Waals surface area (Å²) in [6, 6.07) is 13.1. The van der Waals surface area contributed by atoms with E-state index in [1.165, 1.54) is 12.1 Å². The molecule has 0 aliphatic rings. The molecule has 20 heavy (non-hydrogen) atoms. The molecular formula is C15H13ClO3S. The van der Waals surface area contributed by atoms with Gasteiger partial charge in [-0.1, -0.05) is 35.9 Å². The molecular weight excluding hydrogens is 296 g/mol. The Bertz CT molecular complexity index is 734. The van der Waals surface area contributed by atoms with Crippen molar-refractivity contribution >= 4 is 27.2 Å². The van der Waals surface area contributed by atoms with E-state index in [9.17, 15) is 13.2 Å². The molecule has 0 amide bonds. The Morgan fingerprint density at radius 1 is 1.10 bits per heavy atom. The third kappa shape index (κ3) is 3.68. The van der Waals surface area contributed by atoms with Gasteiger partial charge >= 0.3 is 0 Å². The van der Waals surface area contributed by atoms with Crippen LogP contribution in [0, 0.1) is 0 Å². The maximum absolute atomic E-state index is 12.2. The normalized spacial score (nSPS) is 11.3. The van der Waals surface area contributed by atoms with Gasteiger partial charge in [-0.25, -0.2) is 8.42 Å². The Hall–Kier alpha value is -1.65. The van der Waals surface area contributed by atoms with E-state index in [1.807, 2.05) is 0 Å². The average molecular weight is 309 g/mol. The maximum atomic E-state index is 12.2. The highest BCUT2D eigenvalue weighted by Gasteiger charge is 2.12. The molecule has 0 radical (unpaired) electrons. The molecule has 2 aromatic rings. The largest absolute Gasteiger partial charge is 0.294 e. The highest BCUT2D eigenvalue weighted by Crippen LogP contribution is 2.15. The lowest BCUT2D eigenvalue weighted by atomic mass is 10.0. The van der Waals surface area contributed by atoms with Crippen molar-refractivity contribution < 1.29 is 13.2 Å². The maximum Gasteiger partial charge on any atom is 0.175 e. The van der Waals surface area contributed by atoms with Gasteiger partial charge in [0.25, 0.3) is 0 Å². The van der Waals surface area contributed by atoms with Crippen LogP contribution in [-0.2, 0) is 16.3 Å². The Morgan fingerprint density at radius 3 is 2.35 bits per heavy atom. The van der Waals surface area contributed by atoms with E-state index in [0.29, 0.717) is 10.6 Å². The lowest BCUT2D eigenvalue weighted by Crippen LogP contribution is -2.05. The molecule has 5 heteroatoms. The zero-order chi connectivity index (χ0) is 14.8. The number of hydrogen-bond acceptors (Lipinski definition) is 3. The van der Waals surface area contributed by atoms with Crippen LogP contribution < -0.4 is 0 Å². The summed E-state index contributed by atoms with van der Waals surface area (Å²) >= 11 is 5.78. The molecule has 0 aliphatic carbocycles. The van der Waals surface area contributed by atoms with Gasteiger partial charge in [0.2, 0.25) is 0 Å². The third-order valence-corrected chi connectivity index (χ3v) is 4.22. The molecule has 0 saturated heterocycles. The minimum atomic E-state index is -3.31. The summed E-state index contributed by atoms with van der Waals surface area (Å²) in [6.45, 7) is 0. The molecule has 3 nitrogen and oxygen atoms in total. The third-order valence-electron chi connectivity index (χ3n) is 2.86. The number of Topliss-reactive ketones (excluding diaryl/α,β-unsaturated/α-hetero) is 1. The average Bonchev–Trinajstić information content (AvgIpc) is 2.40. The molecule has 0 N–H and O–H groups in total. The Kier molecular flexibility index (Phi) is 4.26. The number of hydrogen-bond donors (Lipinski definition) is 0. The number of benzene rings is 2. The zero-order valence-electron chi connectivity index (χ0n) is 10.8. The fourth-order valence-corrected chi connectivity index (χ4v) is 2.58. The van der Waals surface area contributed by atoms with Crippen molar-refractivity contribution in [3.05, 3.63) is 64.7 Å². The summed E-state index contributed by atoms with van der Waals surface area (Å²) in [6.07, 6.45) is 1.33. The smallest absolute Gasteiger partial charge is 0.175 e. The minimum Gasteiger partial charge on any atom is -0.294 e. The number of rotatable bonds is 4. The van der Waals surface area contributed by atoms with Crippen molar-refractivity contribution in [1.29, 1.82) is 0 Å². The van der Waals surface area contributed by atoms with Gasteiger partial charge in [-0.2, -0.15) is 0 Å². The molecule has 0 spiro atoms. The first kappa shape index (κ1) is 14.8. The number of ketones is 1. The van der Waals surface area contributed by atoms with Gasteiger partial charge in [0, 0.05) is 23.3 Å². The van der Waals surface area contributed by atoms with Crippen LogP contribution in [0.15, 0.2) is 53.4 Å². The molecule has 0 bridgehead atoms. The Balaban J connectivity index is 2.23. The second kappa shape index (κ2) is 5.77. The molecule has 2 aromatic carbocycles. The standard InChI is InChI=1S/C15H13ClO3S/c1-20(18,19)14-4-2-3-12(10-14)15(17)9-11-5-7-13(16)8-6-11/h2-8,10H,9H2,1H3. The zero-order valence-corrected chi connectivity index (χ0v) is 12.4. The quantitative estimate of drug-likeness (QED) is 0.815. The first-order valence-corrected chi connectivity index (χ1v) is 8.21. The van der Waals surface area contributed by atoms with Gasteiger partial charge in [0.1, 0.15) is 0 Å². The fraction of sp³-hybridized carbons (Fsp3) is 0.133. The monoisotopic (exact) mass is 308 g/mol. The number of carbonyl (C=O) groups excluding carboxylic acids is 1. The second-order valence-electron chi connectivity index (χ2n) is 4.53. The van der Waals surface area contributed by atoms with Crippen molar-refractivity contribution in [2.45, 2.75) is 11.3 Å². The number of carbonyl (C=O) groups is 1. The summed E-state index contributed by atoms with van der Waals surface area (Å²) in [7, 11) is -3.31. The van der Waals surface area contributed by atoms with Gasteiger partial charge in [0.05, 0.1) is 4.90 Å². The molecule has 0 aliphatic heterocycles. The van der Waals surface area contributed by atoms with Gasteiger partial charge in [-0.05, 0) is 29.8 Å². The van der Waals surface area contributed by atoms with E-state index in [4.69, 9.17) is 11.6 Å². The van der Waals surface area contributed by atoms with Gasteiger partial charge in [0.15, 0.2) is 15.6 Å². The van der Waals surface area contributed by atoms with E-state index >= 15 is 0 Å². The molecule has 2 rings (SSSR count). The fourth-order valence-electron chi connectivity index (χ4n) is 1.79. The number of sulfone groups is 1. The van der Waals surface area contributed by atoms with Gasteiger partial charge < -0.3 is 0 Å². The summed E-state index contributed by atoms with van der Waals surface area (Å²) in [5.74, 6) is -0.127. The Labute approximate surface area is 123 Å². The predicted octanol–water partition coefficient (Wildman–Crippen LogP) is 3.17. The number of halogens is 1. The van der Waals surface area contributed by atoms with E-state index in [1.54, 1.807) is 36.4 Å². The highest BCUT2D eigenvalue weighted by molar-refractivity contribution is 7.90. The lowest BCUT2D eigenvalue weighted by molar-refractivity contribution is 0.0993. The van der Waals surface area contributed by atoms with E-state index < -0.39 is 9.84 Å². The SMILES string of the molecule is CS(=O)(=O)c1cccc(C(=O)Cc2ccc(Cl)cc2)c1. The lowest BCUT2D eigenvalue weighted by Gasteiger charge is -2.04. The van der Waals surface area contributed by atoms with Crippen molar-refractivity contribution in [2.75, 3.05) is 6.26 Å². The van der Waals surface area contributed by atoms with E-state index in [0.717, 1.165) is 11.8 Å². The van der Waals surface area contributed by atoms with Crippen LogP contribution in [0.3, 0.4) is 0 Å². The van der Waals surface area contributed by atoms with Crippen LogP contribution in [0.1, 0.15) is 15.9 Å². The summed E-state index contributed by atoms with van der Waals surface area (Å²) in [4.78, 5) is 12.3. The van der Waals surface area contributed by atoms with Crippen LogP contribution in [0.2, 0.25) is 5.02 Å². The van der Waals surface area contributed by atoms with Crippen molar-refractivity contribution in [3.8, 4) is 0 Å². The van der Waals surface area contributed by atoms with Crippen LogP contribution in [-0.4, -0.2) is 20.5 Å². The Morgan fingerprint density at radius 2 is 1.75 bits per heavy atom. The second-order valence-corrected chi connectivity index (χ2v) is 6.98. The van der Waals surface area contributed by atoms with Crippen molar-refractivity contribution in [1.82, 2.24) is 0 Å². The van der Waals surface area contributed by atoms with Crippen LogP contribution >= 0.6 is 11.6 Å².